The van der Waals surface area contributed by atoms with Gasteiger partial charge in [0.1, 0.15) is 0 Å². The van der Waals surface area contributed by atoms with Gasteiger partial charge in [-0.15, -0.1) is 0 Å². The molecule has 2 atom stereocenters. The maximum Gasteiger partial charge on any atom is 0.239 e. The van der Waals surface area contributed by atoms with Crippen LogP contribution in [0.3, 0.4) is 0 Å². The number of amides is 1. The minimum absolute atomic E-state index is 0.132. The van der Waals surface area contributed by atoms with Gasteiger partial charge in [0, 0.05) is 12.6 Å². The SMILES string of the molecule is CC(C)[C@H](N)C(=O)N1CCCC[C@H]1C. The van der Waals surface area contributed by atoms with Crippen molar-refractivity contribution in [3.05, 3.63) is 0 Å². The summed E-state index contributed by atoms with van der Waals surface area (Å²) in [5.74, 6) is 0.365. The molecule has 0 aliphatic carbocycles. The van der Waals surface area contributed by atoms with Crippen molar-refractivity contribution < 1.29 is 4.79 Å². The van der Waals surface area contributed by atoms with Gasteiger partial charge in [0.25, 0.3) is 0 Å². The minimum atomic E-state index is -0.324. The highest BCUT2D eigenvalue weighted by atomic mass is 16.2. The van der Waals surface area contributed by atoms with Gasteiger partial charge in [0.2, 0.25) is 5.91 Å². The quantitative estimate of drug-likeness (QED) is 0.728. The van der Waals surface area contributed by atoms with Crippen molar-refractivity contribution in [3.8, 4) is 0 Å². The number of carbonyl (C=O) groups excluding carboxylic acids is 1. The molecule has 0 bridgehead atoms. The van der Waals surface area contributed by atoms with E-state index in [-0.39, 0.29) is 17.9 Å². The predicted molar refractivity (Wildman–Crippen MR) is 57.8 cm³/mol. The van der Waals surface area contributed by atoms with Crippen LogP contribution in [0.15, 0.2) is 0 Å². The van der Waals surface area contributed by atoms with Crippen molar-refractivity contribution in [2.24, 2.45) is 11.7 Å². The Kier molecular flexibility index (Phi) is 3.93. The molecule has 1 aliphatic rings. The zero-order valence-corrected chi connectivity index (χ0v) is 9.49. The fourth-order valence-corrected chi connectivity index (χ4v) is 1.90. The molecule has 0 saturated carbocycles. The van der Waals surface area contributed by atoms with Crippen molar-refractivity contribution in [2.75, 3.05) is 6.54 Å². The Morgan fingerprint density at radius 2 is 2.07 bits per heavy atom. The number of hydrogen-bond donors (Lipinski definition) is 1. The van der Waals surface area contributed by atoms with Crippen LogP contribution in [-0.4, -0.2) is 29.4 Å². The van der Waals surface area contributed by atoms with E-state index in [1.807, 2.05) is 18.7 Å². The first-order valence-electron chi connectivity index (χ1n) is 5.60. The molecule has 2 N–H and O–H groups in total. The lowest BCUT2D eigenvalue weighted by molar-refractivity contribution is -0.136. The lowest BCUT2D eigenvalue weighted by Gasteiger charge is -2.35. The molecule has 1 aliphatic heterocycles. The van der Waals surface area contributed by atoms with Crippen molar-refractivity contribution >= 4 is 5.91 Å². The highest BCUT2D eigenvalue weighted by Crippen LogP contribution is 2.18. The summed E-state index contributed by atoms with van der Waals surface area (Å²) in [5, 5.41) is 0. The molecule has 0 aromatic carbocycles. The summed E-state index contributed by atoms with van der Waals surface area (Å²) in [6.07, 6.45) is 3.49. The van der Waals surface area contributed by atoms with E-state index < -0.39 is 0 Å². The Bertz CT molecular complexity index is 203. The van der Waals surface area contributed by atoms with E-state index in [1.54, 1.807) is 0 Å². The zero-order valence-electron chi connectivity index (χ0n) is 9.49. The number of hydrogen-bond acceptors (Lipinski definition) is 2. The van der Waals surface area contributed by atoms with E-state index in [0.29, 0.717) is 6.04 Å². The molecule has 0 aromatic heterocycles. The molecule has 82 valence electrons. The summed E-state index contributed by atoms with van der Waals surface area (Å²) in [6, 6.07) is 0.0524. The van der Waals surface area contributed by atoms with Crippen molar-refractivity contribution in [1.29, 1.82) is 0 Å². The van der Waals surface area contributed by atoms with E-state index in [1.165, 1.54) is 6.42 Å². The highest BCUT2D eigenvalue weighted by molar-refractivity contribution is 5.82. The molecule has 0 aromatic rings. The number of likely N-dealkylation sites (tertiary alicyclic amines) is 1. The average molecular weight is 198 g/mol. The monoisotopic (exact) mass is 198 g/mol. The number of piperidine rings is 1. The van der Waals surface area contributed by atoms with Gasteiger partial charge in [-0.3, -0.25) is 4.79 Å². The lowest BCUT2D eigenvalue weighted by Crippen LogP contribution is -2.51. The Labute approximate surface area is 86.6 Å². The summed E-state index contributed by atoms with van der Waals surface area (Å²) in [6.45, 7) is 7.00. The fourth-order valence-electron chi connectivity index (χ4n) is 1.90. The van der Waals surface area contributed by atoms with Crippen LogP contribution in [-0.2, 0) is 4.79 Å². The Morgan fingerprint density at radius 3 is 2.57 bits per heavy atom. The topological polar surface area (TPSA) is 46.3 Å². The summed E-state index contributed by atoms with van der Waals surface area (Å²) in [7, 11) is 0. The van der Waals surface area contributed by atoms with E-state index in [9.17, 15) is 4.79 Å². The van der Waals surface area contributed by atoms with E-state index in [4.69, 9.17) is 5.73 Å². The van der Waals surface area contributed by atoms with Gasteiger partial charge in [0.05, 0.1) is 6.04 Å². The average Bonchev–Trinajstić information content (AvgIpc) is 2.16. The molecular weight excluding hydrogens is 176 g/mol. The fraction of sp³-hybridized carbons (Fsp3) is 0.909. The highest BCUT2D eigenvalue weighted by Gasteiger charge is 2.28. The zero-order chi connectivity index (χ0) is 10.7. The molecular formula is C11H22N2O. The molecule has 1 amide bonds. The first-order chi connectivity index (χ1) is 6.54. The molecule has 3 heteroatoms. The van der Waals surface area contributed by atoms with Gasteiger partial charge in [0.15, 0.2) is 0 Å². The molecule has 1 fully saturated rings. The van der Waals surface area contributed by atoms with Gasteiger partial charge >= 0.3 is 0 Å². The standard InChI is InChI=1S/C11H22N2O/c1-8(2)10(12)11(14)13-7-5-4-6-9(13)3/h8-10H,4-7,12H2,1-3H3/t9-,10+/m1/s1. The van der Waals surface area contributed by atoms with Crippen LogP contribution >= 0.6 is 0 Å². The molecule has 14 heavy (non-hydrogen) atoms. The smallest absolute Gasteiger partial charge is 0.239 e. The predicted octanol–water partition coefficient (Wildman–Crippen LogP) is 1.37. The van der Waals surface area contributed by atoms with Crippen LogP contribution in [0.1, 0.15) is 40.0 Å². The van der Waals surface area contributed by atoms with Crippen LogP contribution < -0.4 is 5.73 Å². The third-order valence-electron chi connectivity index (χ3n) is 3.09. The van der Waals surface area contributed by atoms with Crippen molar-refractivity contribution in [2.45, 2.75) is 52.1 Å². The largest absolute Gasteiger partial charge is 0.339 e. The van der Waals surface area contributed by atoms with Crippen molar-refractivity contribution in [1.82, 2.24) is 4.90 Å². The summed E-state index contributed by atoms with van der Waals surface area (Å²) >= 11 is 0. The summed E-state index contributed by atoms with van der Waals surface area (Å²) in [4.78, 5) is 13.9. The second-order valence-electron chi connectivity index (χ2n) is 4.65. The molecule has 1 saturated heterocycles. The molecule has 0 radical (unpaired) electrons. The third-order valence-corrected chi connectivity index (χ3v) is 3.09. The van der Waals surface area contributed by atoms with Gasteiger partial charge in [-0.1, -0.05) is 13.8 Å². The van der Waals surface area contributed by atoms with Gasteiger partial charge < -0.3 is 10.6 Å². The summed E-state index contributed by atoms with van der Waals surface area (Å²) < 4.78 is 0. The van der Waals surface area contributed by atoms with E-state index in [0.717, 1.165) is 19.4 Å². The van der Waals surface area contributed by atoms with Gasteiger partial charge in [-0.05, 0) is 32.1 Å². The molecule has 1 heterocycles. The lowest BCUT2D eigenvalue weighted by atomic mass is 9.99. The number of carbonyl (C=O) groups is 1. The van der Waals surface area contributed by atoms with Gasteiger partial charge in [-0.25, -0.2) is 0 Å². The molecule has 0 unspecified atom stereocenters. The Hall–Kier alpha value is -0.570. The second-order valence-corrected chi connectivity index (χ2v) is 4.65. The normalized spacial score (nSPS) is 25.2. The van der Waals surface area contributed by atoms with Crippen LogP contribution in [0.4, 0.5) is 0 Å². The Balaban J connectivity index is 2.58. The van der Waals surface area contributed by atoms with Crippen LogP contribution in [0.2, 0.25) is 0 Å². The molecule has 0 spiro atoms. The van der Waals surface area contributed by atoms with Crippen LogP contribution in [0.5, 0.6) is 0 Å². The first-order valence-corrected chi connectivity index (χ1v) is 5.60. The summed E-state index contributed by atoms with van der Waals surface area (Å²) in [5.41, 5.74) is 5.86. The number of rotatable bonds is 2. The number of nitrogens with two attached hydrogens (primary N) is 1. The van der Waals surface area contributed by atoms with E-state index >= 15 is 0 Å². The maximum absolute atomic E-state index is 12.0. The maximum atomic E-state index is 12.0. The molecule has 3 nitrogen and oxygen atoms in total. The second kappa shape index (κ2) is 4.78. The van der Waals surface area contributed by atoms with E-state index in [2.05, 4.69) is 6.92 Å². The third kappa shape index (κ3) is 2.47. The Morgan fingerprint density at radius 1 is 1.43 bits per heavy atom. The van der Waals surface area contributed by atoms with Gasteiger partial charge in [-0.2, -0.15) is 0 Å². The minimum Gasteiger partial charge on any atom is -0.339 e. The van der Waals surface area contributed by atoms with Crippen molar-refractivity contribution in [3.63, 3.8) is 0 Å². The number of nitrogens with zero attached hydrogens (tertiary/aromatic N) is 1. The van der Waals surface area contributed by atoms with Crippen LogP contribution in [0.25, 0.3) is 0 Å². The van der Waals surface area contributed by atoms with Crippen LogP contribution in [0, 0.1) is 5.92 Å². The molecule has 1 rings (SSSR count). The first kappa shape index (κ1) is 11.5.